The number of aliphatic hydroxyl groups is 3. The quantitative estimate of drug-likeness (QED) is 0.633. The molecule has 1 aliphatic heterocycles. The van der Waals surface area contributed by atoms with Crippen molar-refractivity contribution < 1.29 is 15.3 Å². The topological polar surface area (TPSA) is 63.9 Å². The molecule has 1 unspecified atom stereocenters. The summed E-state index contributed by atoms with van der Waals surface area (Å²) in [5.74, 6) is 0.687. The van der Waals surface area contributed by atoms with Gasteiger partial charge in [-0.05, 0) is 12.3 Å². The van der Waals surface area contributed by atoms with E-state index in [9.17, 15) is 15.3 Å². The van der Waals surface area contributed by atoms with Gasteiger partial charge in [0, 0.05) is 19.6 Å². The molecule has 0 radical (unpaired) electrons. The summed E-state index contributed by atoms with van der Waals surface area (Å²) < 4.78 is 0. The van der Waals surface area contributed by atoms with Crippen LogP contribution in [0.2, 0.25) is 0 Å². The Morgan fingerprint density at radius 3 is 2.19 bits per heavy atom. The van der Waals surface area contributed by atoms with E-state index in [0.717, 1.165) is 6.42 Å². The highest BCUT2D eigenvalue weighted by Crippen LogP contribution is 2.28. The first-order chi connectivity index (χ1) is 7.65. The molecular weight excluding hydrogens is 206 g/mol. The first-order valence-corrected chi connectivity index (χ1v) is 6.41. The van der Waals surface area contributed by atoms with Gasteiger partial charge in [0.2, 0.25) is 0 Å². The first kappa shape index (κ1) is 12.3. The summed E-state index contributed by atoms with van der Waals surface area (Å²) in [6.07, 6.45) is 4.41. The van der Waals surface area contributed by atoms with E-state index in [1.807, 2.05) is 4.90 Å². The largest absolute Gasteiger partial charge is 0.392 e. The Hall–Kier alpha value is -0.160. The molecule has 1 saturated carbocycles. The lowest BCUT2D eigenvalue weighted by atomic mass is 10.00. The van der Waals surface area contributed by atoms with Crippen LogP contribution in [0.25, 0.3) is 0 Å². The van der Waals surface area contributed by atoms with Gasteiger partial charge in [0.1, 0.15) is 0 Å². The molecule has 0 aromatic heterocycles. The van der Waals surface area contributed by atoms with Crippen LogP contribution in [-0.2, 0) is 0 Å². The summed E-state index contributed by atoms with van der Waals surface area (Å²) in [5, 5.41) is 28.7. The van der Waals surface area contributed by atoms with Gasteiger partial charge in [0.25, 0.3) is 0 Å². The van der Waals surface area contributed by atoms with E-state index in [0.29, 0.717) is 25.6 Å². The van der Waals surface area contributed by atoms with Gasteiger partial charge >= 0.3 is 0 Å². The number of nitrogens with zero attached hydrogens (tertiary/aromatic N) is 1. The van der Waals surface area contributed by atoms with E-state index in [-0.39, 0.29) is 6.10 Å². The van der Waals surface area contributed by atoms with Gasteiger partial charge < -0.3 is 15.3 Å². The summed E-state index contributed by atoms with van der Waals surface area (Å²) in [5.41, 5.74) is 0. The van der Waals surface area contributed by atoms with Crippen LogP contribution in [0.15, 0.2) is 0 Å². The normalized spacial score (nSPS) is 34.7. The number of likely N-dealkylation sites (tertiary alicyclic amines) is 1. The van der Waals surface area contributed by atoms with Crippen molar-refractivity contribution in [2.45, 2.75) is 50.4 Å². The third-order valence-corrected chi connectivity index (χ3v) is 3.88. The predicted octanol–water partition coefficient (Wildman–Crippen LogP) is -0.0350. The molecule has 0 amide bonds. The molecule has 4 heteroatoms. The standard InChI is InChI=1S/C12H23NO3/c14-10(5-9-3-1-2-4-9)6-13-7-11(15)12(16)8-13/h9-12,14-16H,1-8H2/t10?,11-,12+. The van der Waals surface area contributed by atoms with E-state index in [4.69, 9.17) is 0 Å². The monoisotopic (exact) mass is 229 g/mol. The molecule has 1 heterocycles. The van der Waals surface area contributed by atoms with Crippen molar-refractivity contribution >= 4 is 0 Å². The van der Waals surface area contributed by atoms with Gasteiger partial charge in [0.05, 0.1) is 18.3 Å². The third kappa shape index (κ3) is 3.17. The van der Waals surface area contributed by atoms with Crippen molar-refractivity contribution in [1.29, 1.82) is 0 Å². The zero-order valence-corrected chi connectivity index (χ0v) is 9.76. The average Bonchev–Trinajstić information content (AvgIpc) is 2.78. The van der Waals surface area contributed by atoms with Crippen LogP contribution in [0, 0.1) is 5.92 Å². The Morgan fingerprint density at radius 2 is 1.62 bits per heavy atom. The highest BCUT2D eigenvalue weighted by atomic mass is 16.3. The molecule has 0 bridgehead atoms. The van der Waals surface area contributed by atoms with Gasteiger partial charge in [-0.15, -0.1) is 0 Å². The van der Waals surface area contributed by atoms with Crippen LogP contribution in [0.4, 0.5) is 0 Å². The van der Waals surface area contributed by atoms with Crippen molar-refractivity contribution in [2.75, 3.05) is 19.6 Å². The molecule has 16 heavy (non-hydrogen) atoms. The molecule has 3 N–H and O–H groups in total. The molecule has 2 rings (SSSR count). The summed E-state index contributed by atoms with van der Waals surface area (Å²) >= 11 is 0. The van der Waals surface area contributed by atoms with Gasteiger partial charge in [0.15, 0.2) is 0 Å². The SMILES string of the molecule is OC(CC1CCCC1)CN1C[C@@H](O)[C@@H](O)C1. The van der Waals surface area contributed by atoms with Crippen LogP contribution >= 0.6 is 0 Å². The summed E-state index contributed by atoms with van der Waals surface area (Å²) in [6, 6.07) is 0. The lowest BCUT2D eigenvalue weighted by Gasteiger charge is -2.21. The molecule has 0 aromatic rings. The zero-order valence-electron chi connectivity index (χ0n) is 9.76. The van der Waals surface area contributed by atoms with Crippen molar-refractivity contribution in [3.05, 3.63) is 0 Å². The smallest absolute Gasteiger partial charge is 0.0938 e. The van der Waals surface area contributed by atoms with Crippen LogP contribution in [0.5, 0.6) is 0 Å². The van der Waals surface area contributed by atoms with Crippen LogP contribution in [0.3, 0.4) is 0 Å². The van der Waals surface area contributed by atoms with E-state index < -0.39 is 12.2 Å². The second-order valence-electron chi connectivity index (χ2n) is 5.39. The maximum atomic E-state index is 9.94. The fourth-order valence-corrected chi connectivity index (χ4v) is 3.00. The van der Waals surface area contributed by atoms with Gasteiger partial charge in [-0.1, -0.05) is 25.7 Å². The number of rotatable bonds is 4. The van der Waals surface area contributed by atoms with Crippen LogP contribution in [-0.4, -0.2) is 58.2 Å². The minimum atomic E-state index is -0.640. The summed E-state index contributed by atoms with van der Waals surface area (Å²) in [4.78, 5) is 1.95. The molecule has 3 atom stereocenters. The molecule has 2 fully saturated rings. The van der Waals surface area contributed by atoms with E-state index >= 15 is 0 Å². The number of aliphatic hydroxyl groups excluding tert-OH is 3. The second-order valence-corrected chi connectivity index (χ2v) is 5.39. The fourth-order valence-electron chi connectivity index (χ4n) is 3.00. The molecule has 1 saturated heterocycles. The molecule has 2 aliphatic rings. The molecule has 1 aliphatic carbocycles. The molecular formula is C12H23NO3. The van der Waals surface area contributed by atoms with Gasteiger partial charge in [-0.25, -0.2) is 0 Å². The van der Waals surface area contributed by atoms with Crippen molar-refractivity contribution in [3.63, 3.8) is 0 Å². The summed E-state index contributed by atoms with van der Waals surface area (Å²) in [7, 11) is 0. The number of hydrogen-bond donors (Lipinski definition) is 3. The molecule has 0 spiro atoms. The Bertz CT molecular complexity index is 208. The Morgan fingerprint density at radius 1 is 1.06 bits per heavy atom. The minimum Gasteiger partial charge on any atom is -0.392 e. The minimum absolute atomic E-state index is 0.305. The highest BCUT2D eigenvalue weighted by molar-refractivity contribution is 4.84. The predicted molar refractivity (Wildman–Crippen MR) is 61.0 cm³/mol. The van der Waals surface area contributed by atoms with Crippen LogP contribution in [0.1, 0.15) is 32.1 Å². The molecule has 94 valence electrons. The fraction of sp³-hybridized carbons (Fsp3) is 1.00. The second kappa shape index (κ2) is 5.45. The van der Waals surface area contributed by atoms with Crippen molar-refractivity contribution in [2.24, 2.45) is 5.92 Å². The Balaban J connectivity index is 1.68. The average molecular weight is 229 g/mol. The number of hydrogen-bond acceptors (Lipinski definition) is 4. The van der Waals surface area contributed by atoms with E-state index in [1.165, 1.54) is 25.7 Å². The lowest BCUT2D eigenvalue weighted by Crippen LogP contribution is -2.32. The van der Waals surface area contributed by atoms with Gasteiger partial charge in [-0.2, -0.15) is 0 Å². The zero-order chi connectivity index (χ0) is 11.5. The number of β-amino-alcohol motifs (C(OH)–C–C–N with tert-alkyl or cyclic N) is 3. The Labute approximate surface area is 96.9 Å². The highest BCUT2D eigenvalue weighted by Gasteiger charge is 2.31. The maximum absolute atomic E-state index is 9.94. The third-order valence-electron chi connectivity index (χ3n) is 3.88. The molecule has 0 aromatic carbocycles. The van der Waals surface area contributed by atoms with Crippen molar-refractivity contribution in [1.82, 2.24) is 4.90 Å². The van der Waals surface area contributed by atoms with E-state index in [1.54, 1.807) is 0 Å². The van der Waals surface area contributed by atoms with Gasteiger partial charge in [-0.3, -0.25) is 4.90 Å². The first-order valence-electron chi connectivity index (χ1n) is 6.41. The summed E-state index contributed by atoms with van der Waals surface area (Å²) in [6.45, 7) is 1.57. The maximum Gasteiger partial charge on any atom is 0.0938 e. The molecule has 4 nitrogen and oxygen atoms in total. The lowest BCUT2D eigenvalue weighted by molar-refractivity contribution is 0.0572. The Kier molecular flexibility index (Phi) is 4.19. The van der Waals surface area contributed by atoms with Crippen molar-refractivity contribution in [3.8, 4) is 0 Å². The van der Waals surface area contributed by atoms with E-state index in [2.05, 4.69) is 0 Å². The van der Waals surface area contributed by atoms with Crippen LogP contribution < -0.4 is 0 Å².